The standard InChI is InChI=1S/C13H19FO/c1-3-4-13(15)8-6-11-5-7-12(14)9-10(11)2/h5,7,9,13,15H,3-4,6,8H2,1-2H3. The van der Waals surface area contributed by atoms with Crippen molar-refractivity contribution in [2.45, 2.75) is 45.6 Å². The minimum atomic E-state index is -0.223. The first kappa shape index (κ1) is 12.2. The summed E-state index contributed by atoms with van der Waals surface area (Å²) >= 11 is 0. The number of rotatable bonds is 5. The molecule has 0 spiro atoms. The van der Waals surface area contributed by atoms with E-state index in [1.165, 1.54) is 6.07 Å². The first-order chi connectivity index (χ1) is 7.13. The molecule has 0 aliphatic carbocycles. The fourth-order valence-corrected chi connectivity index (χ4v) is 1.74. The molecule has 1 unspecified atom stereocenters. The molecule has 0 aliphatic rings. The van der Waals surface area contributed by atoms with E-state index in [1.54, 1.807) is 6.07 Å². The van der Waals surface area contributed by atoms with Crippen molar-refractivity contribution in [3.63, 3.8) is 0 Å². The van der Waals surface area contributed by atoms with Gasteiger partial charge in [0.1, 0.15) is 5.82 Å². The van der Waals surface area contributed by atoms with E-state index in [4.69, 9.17) is 0 Å². The Balaban J connectivity index is 2.50. The molecule has 1 aromatic rings. The number of hydrogen-bond acceptors (Lipinski definition) is 1. The minimum Gasteiger partial charge on any atom is -0.393 e. The van der Waals surface area contributed by atoms with E-state index in [-0.39, 0.29) is 11.9 Å². The van der Waals surface area contributed by atoms with Crippen LogP contribution in [0.25, 0.3) is 0 Å². The minimum absolute atomic E-state index is 0.189. The average Bonchev–Trinajstić information content (AvgIpc) is 2.17. The second kappa shape index (κ2) is 5.86. The molecular weight excluding hydrogens is 191 g/mol. The van der Waals surface area contributed by atoms with Gasteiger partial charge in [-0.3, -0.25) is 0 Å². The van der Waals surface area contributed by atoms with Gasteiger partial charge in [0.25, 0.3) is 0 Å². The van der Waals surface area contributed by atoms with Crippen molar-refractivity contribution in [2.75, 3.05) is 0 Å². The molecular formula is C13H19FO. The van der Waals surface area contributed by atoms with Crippen molar-refractivity contribution in [3.8, 4) is 0 Å². The van der Waals surface area contributed by atoms with E-state index in [2.05, 4.69) is 6.92 Å². The van der Waals surface area contributed by atoms with Crippen LogP contribution in [-0.4, -0.2) is 11.2 Å². The van der Waals surface area contributed by atoms with Crippen LogP contribution in [0.3, 0.4) is 0 Å². The molecule has 84 valence electrons. The first-order valence-corrected chi connectivity index (χ1v) is 5.56. The van der Waals surface area contributed by atoms with Crippen molar-refractivity contribution in [1.29, 1.82) is 0 Å². The lowest BCUT2D eigenvalue weighted by Crippen LogP contribution is -2.07. The average molecular weight is 210 g/mol. The summed E-state index contributed by atoms with van der Waals surface area (Å²) in [4.78, 5) is 0. The van der Waals surface area contributed by atoms with Gasteiger partial charge in [0.15, 0.2) is 0 Å². The van der Waals surface area contributed by atoms with Gasteiger partial charge in [0.2, 0.25) is 0 Å². The van der Waals surface area contributed by atoms with Gasteiger partial charge in [0, 0.05) is 0 Å². The highest BCUT2D eigenvalue weighted by Gasteiger charge is 2.05. The smallest absolute Gasteiger partial charge is 0.123 e. The van der Waals surface area contributed by atoms with E-state index in [1.807, 2.05) is 13.0 Å². The van der Waals surface area contributed by atoms with Crippen LogP contribution in [0.5, 0.6) is 0 Å². The second-order valence-corrected chi connectivity index (χ2v) is 4.05. The van der Waals surface area contributed by atoms with Gasteiger partial charge in [0.05, 0.1) is 6.10 Å². The molecule has 1 nitrogen and oxygen atoms in total. The van der Waals surface area contributed by atoms with E-state index in [0.29, 0.717) is 0 Å². The summed E-state index contributed by atoms with van der Waals surface area (Å²) in [5.74, 6) is -0.189. The zero-order chi connectivity index (χ0) is 11.3. The van der Waals surface area contributed by atoms with E-state index < -0.39 is 0 Å². The summed E-state index contributed by atoms with van der Waals surface area (Å²) in [6.07, 6.45) is 3.22. The van der Waals surface area contributed by atoms with Gasteiger partial charge in [-0.15, -0.1) is 0 Å². The molecule has 0 aliphatic heterocycles. The Morgan fingerprint density at radius 1 is 1.33 bits per heavy atom. The van der Waals surface area contributed by atoms with Crippen molar-refractivity contribution < 1.29 is 9.50 Å². The molecule has 0 radical (unpaired) electrons. The van der Waals surface area contributed by atoms with Gasteiger partial charge in [-0.2, -0.15) is 0 Å². The van der Waals surface area contributed by atoms with Crippen LogP contribution in [0.15, 0.2) is 18.2 Å². The Bertz CT molecular complexity index is 309. The van der Waals surface area contributed by atoms with Gasteiger partial charge in [-0.1, -0.05) is 19.4 Å². The molecule has 0 bridgehead atoms. The topological polar surface area (TPSA) is 20.2 Å². The summed E-state index contributed by atoms with van der Waals surface area (Å²) in [5.41, 5.74) is 2.10. The van der Waals surface area contributed by atoms with Crippen molar-refractivity contribution >= 4 is 0 Å². The number of benzene rings is 1. The Morgan fingerprint density at radius 3 is 2.67 bits per heavy atom. The number of hydrogen-bond donors (Lipinski definition) is 1. The molecule has 0 fully saturated rings. The maximum Gasteiger partial charge on any atom is 0.123 e. The Kier molecular flexibility index (Phi) is 4.76. The van der Waals surface area contributed by atoms with Crippen LogP contribution in [0, 0.1) is 12.7 Å². The lowest BCUT2D eigenvalue weighted by Gasteiger charge is -2.10. The Labute approximate surface area is 90.9 Å². The number of aliphatic hydroxyl groups is 1. The SMILES string of the molecule is CCCC(O)CCc1ccc(F)cc1C. The summed E-state index contributed by atoms with van der Waals surface area (Å²) in [6.45, 7) is 3.97. The highest BCUT2D eigenvalue weighted by Crippen LogP contribution is 2.14. The number of aryl methyl sites for hydroxylation is 2. The fraction of sp³-hybridized carbons (Fsp3) is 0.538. The summed E-state index contributed by atoms with van der Waals surface area (Å²) in [6, 6.07) is 4.83. The summed E-state index contributed by atoms with van der Waals surface area (Å²) in [7, 11) is 0. The first-order valence-electron chi connectivity index (χ1n) is 5.56. The van der Waals surface area contributed by atoms with Gasteiger partial charge in [-0.25, -0.2) is 4.39 Å². The quantitative estimate of drug-likeness (QED) is 0.791. The summed E-state index contributed by atoms with van der Waals surface area (Å²) in [5, 5.41) is 9.58. The Hall–Kier alpha value is -0.890. The highest BCUT2D eigenvalue weighted by atomic mass is 19.1. The molecule has 1 N–H and O–H groups in total. The molecule has 1 rings (SSSR count). The fourth-order valence-electron chi connectivity index (χ4n) is 1.74. The summed E-state index contributed by atoms with van der Waals surface area (Å²) < 4.78 is 12.8. The maximum atomic E-state index is 12.8. The molecule has 0 saturated carbocycles. The number of halogens is 1. The van der Waals surface area contributed by atoms with Crippen LogP contribution in [0.4, 0.5) is 4.39 Å². The Morgan fingerprint density at radius 2 is 2.07 bits per heavy atom. The molecule has 1 atom stereocenters. The largest absolute Gasteiger partial charge is 0.393 e. The van der Waals surface area contributed by atoms with E-state index in [0.717, 1.165) is 36.8 Å². The zero-order valence-electron chi connectivity index (χ0n) is 9.46. The lowest BCUT2D eigenvalue weighted by molar-refractivity contribution is 0.154. The molecule has 2 heteroatoms. The maximum absolute atomic E-state index is 12.8. The molecule has 0 heterocycles. The van der Waals surface area contributed by atoms with E-state index in [9.17, 15) is 9.50 Å². The van der Waals surface area contributed by atoms with Crippen molar-refractivity contribution in [3.05, 3.63) is 35.1 Å². The monoisotopic (exact) mass is 210 g/mol. The van der Waals surface area contributed by atoms with Crippen molar-refractivity contribution in [1.82, 2.24) is 0 Å². The third-order valence-electron chi connectivity index (χ3n) is 2.67. The van der Waals surface area contributed by atoms with Crippen LogP contribution >= 0.6 is 0 Å². The third kappa shape index (κ3) is 4.00. The molecule has 0 saturated heterocycles. The number of aliphatic hydroxyl groups excluding tert-OH is 1. The van der Waals surface area contributed by atoms with Crippen LogP contribution in [0.1, 0.15) is 37.3 Å². The predicted octanol–water partition coefficient (Wildman–Crippen LogP) is 3.23. The predicted molar refractivity (Wildman–Crippen MR) is 60.4 cm³/mol. The van der Waals surface area contributed by atoms with E-state index >= 15 is 0 Å². The molecule has 0 aromatic heterocycles. The zero-order valence-corrected chi connectivity index (χ0v) is 9.46. The van der Waals surface area contributed by atoms with Crippen LogP contribution in [0.2, 0.25) is 0 Å². The van der Waals surface area contributed by atoms with Crippen LogP contribution < -0.4 is 0 Å². The van der Waals surface area contributed by atoms with Gasteiger partial charge >= 0.3 is 0 Å². The third-order valence-corrected chi connectivity index (χ3v) is 2.67. The van der Waals surface area contributed by atoms with Crippen LogP contribution in [-0.2, 0) is 6.42 Å². The second-order valence-electron chi connectivity index (χ2n) is 4.05. The van der Waals surface area contributed by atoms with Crippen molar-refractivity contribution in [2.24, 2.45) is 0 Å². The lowest BCUT2D eigenvalue weighted by atomic mass is 10.0. The molecule has 0 amide bonds. The molecule has 15 heavy (non-hydrogen) atoms. The highest BCUT2D eigenvalue weighted by molar-refractivity contribution is 5.26. The molecule has 1 aromatic carbocycles. The van der Waals surface area contributed by atoms with Gasteiger partial charge in [-0.05, 0) is 49.4 Å². The normalized spacial score (nSPS) is 12.8. The van der Waals surface area contributed by atoms with Gasteiger partial charge < -0.3 is 5.11 Å².